The number of thioether (sulfide) groups is 1. The first kappa shape index (κ1) is 15.2. The summed E-state index contributed by atoms with van der Waals surface area (Å²) in [7, 11) is 0. The fraction of sp³-hybridized carbons (Fsp3) is 0.500. The van der Waals surface area contributed by atoms with Gasteiger partial charge in [-0.1, -0.05) is 5.21 Å². The average molecular weight is 347 g/mol. The van der Waals surface area contributed by atoms with Crippen molar-refractivity contribution in [3.05, 3.63) is 30.4 Å². The SMILES string of the molecule is CC1(C)S[C@@H]2C(NC(=O)Cn3cccc3)C(=O)N2C1c1nn[nH]n1. The highest BCUT2D eigenvalue weighted by Crippen LogP contribution is 2.56. The summed E-state index contributed by atoms with van der Waals surface area (Å²) in [4.78, 5) is 26.5. The average Bonchev–Trinajstić information content (AvgIpc) is 3.24. The van der Waals surface area contributed by atoms with Crippen LogP contribution in [0.25, 0.3) is 0 Å². The van der Waals surface area contributed by atoms with Crippen LogP contribution in [-0.2, 0) is 16.1 Å². The second-order valence-electron chi connectivity index (χ2n) is 6.43. The van der Waals surface area contributed by atoms with Crippen molar-refractivity contribution >= 4 is 23.6 Å². The third kappa shape index (κ3) is 2.29. The van der Waals surface area contributed by atoms with Crippen LogP contribution < -0.4 is 5.32 Å². The first-order valence-corrected chi connectivity index (χ1v) is 8.49. The number of H-pyrrole nitrogens is 1. The fourth-order valence-corrected chi connectivity index (χ4v) is 4.94. The van der Waals surface area contributed by atoms with Crippen molar-refractivity contribution in [3.8, 4) is 0 Å². The molecular weight excluding hydrogens is 330 g/mol. The molecule has 4 rings (SSSR count). The standard InChI is InChI=1S/C14H17N7O2S/c1-14(2)10(11-16-18-19-17-11)21-12(23)9(13(21)24-14)15-8(22)7-20-5-3-4-6-20/h3-6,9-10,13H,7H2,1-2H3,(H,15,22)(H,16,17,18,19)/t9?,10?,13-/m1/s1. The number of hydrogen-bond acceptors (Lipinski definition) is 6. The van der Waals surface area contributed by atoms with Gasteiger partial charge in [0.05, 0.1) is 0 Å². The van der Waals surface area contributed by atoms with Crippen molar-refractivity contribution in [2.45, 2.75) is 42.6 Å². The van der Waals surface area contributed by atoms with Gasteiger partial charge in [0, 0.05) is 17.1 Å². The topological polar surface area (TPSA) is 109 Å². The summed E-state index contributed by atoms with van der Waals surface area (Å²) in [5.41, 5.74) is 0. The molecule has 2 aromatic rings. The van der Waals surface area contributed by atoms with Crippen LogP contribution in [0.2, 0.25) is 0 Å². The second-order valence-corrected chi connectivity index (χ2v) is 8.20. The molecule has 126 valence electrons. The van der Waals surface area contributed by atoms with E-state index in [1.54, 1.807) is 21.2 Å². The molecule has 4 heterocycles. The zero-order valence-electron chi connectivity index (χ0n) is 13.2. The number of nitrogens with one attached hydrogen (secondary N) is 2. The summed E-state index contributed by atoms with van der Waals surface area (Å²) in [5, 5.41) is 16.8. The zero-order valence-corrected chi connectivity index (χ0v) is 14.0. The zero-order chi connectivity index (χ0) is 16.9. The van der Waals surface area contributed by atoms with Gasteiger partial charge < -0.3 is 14.8 Å². The molecule has 2 aliphatic heterocycles. The van der Waals surface area contributed by atoms with Gasteiger partial charge in [-0.25, -0.2) is 0 Å². The van der Waals surface area contributed by atoms with Gasteiger partial charge in [0.25, 0.3) is 0 Å². The van der Waals surface area contributed by atoms with E-state index in [-0.39, 0.29) is 34.5 Å². The maximum absolute atomic E-state index is 12.6. The Bertz CT molecular complexity index is 758. The highest BCUT2D eigenvalue weighted by atomic mass is 32.2. The lowest BCUT2D eigenvalue weighted by atomic mass is 9.95. The number of rotatable bonds is 4. The Morgan fingerprint density at radius 1 is 1.42 bits per heavy atom. The van der Waals surface area contributed by atoms with Crippen LogP contribution in [0.1, 0.15) is 25.7 Å². The van der Waals surface area contributed by atoms with Crippen molar-refractivity contribution in [3.63, 3.8) is 0 Å². The first-order chi connectivity index (χ1) is 11.5. The third-order valence-corrected chi connectivity index (χ3v) is 5.93. The van der Waals surface area contributed by atoms with Gasteiger partial charge in [0.2, 0.25) is 11.8 Å². The van der Waals surface area contributed by atoms with Gasteiger partial charge in [0.15, 0.2) is 5.82 Å². The third-order valence-electron chi connectivity index (χ3n) is 4.36. The predicted octanol–water partition coefficient (Wildman–Crippen LogP) is -0.0790. The van der Waals surface area contributed by atoms with E-state index >= 15 is 0 Å². The molecule has 2 saturated heterocycles. The van der Waals surface area contributed by atoms with Crippen LogP contribution in [0.15, 0.2) is 24.5 Å². The highest BCUT2D eigenvalue weighted by molar-refractivity contribution is 8.01. The number of aromatic amines is 1. The van der Waals surface area contributed by atoms with E-state index < -0.39 is 6.04 Å². The van der Waals surface area contributed by atoms with Crippen LogP contribution >= 0.6 is 11.8 Å². The molecule has 0 saturated carbocycles. The molecule has 3 atom stereocenters. The Morgan fingerprint density at radius 3 is 2.83 bits per heavy atom. The van der Waals surface area contributed by atoms with E-state index in [1.165, 1.54) is 0 Å². The van der Waals surface area contributed by atoms with Crippen molar-refractivity contribution < 1.29 is 9.59 Å². The molecule has 0 spiro atoms. The molecule has 0 aliphatic carbocycles. The van der Waals surface area contributed by atoms with E-state index in [2.05, 4.69) is 25.9 Å². The minimum absolute atomic E-state index is 0.103. The normalized spacial score (nSPS) is 27.7. The fourth-order valence-electron chi connectivity index (χ4n) is 3.31. The first-order valence-electron chi connectivity index (χ1n) is 7.61. The van der Waals surface area contributed by atoms with Gasteiger partial charge in [-0.3, -0.25) is 9.59 Å². The molecule has 9 nitrogen and oxygen atoms in total. The van der Waals surface area contributed by atoms with E-state index in [1.807, 2.05) is 38.4 Å². The lowest BCUT2D eigenvalue weighted by Crippen LogP contribution is -2.68. The van der Waals surface area contributed by atoms with Gasteiger partial charge in [-0.15, -0.1) is 22.0 Å². The number of hydrogen-bond donors (Lipinski definition) is 2. The molecular formula is C14H17N7O2S. The summed E-state index contributed by atoms with van der Waals surface area (Å²) >= 11 is 1.65. The number of amides is 2. The van der Waals surface area contributed by atoms with Crippen LogP contribution in [-0.4, -0.2) is 58.1 Å². The van der Waals surface area contributed by atoms with Gasteiger partial charge in [0.1, 0.15) is 24.0 Å². The molecule has 2 N–H and O–H groups in total. The summed E-state index contributed by atoms with van der Waals surface area (Å²) in [6.45, 7) is 4.29. The molecule has 2 amide bonds. The quantitative estimate of drug-likeness (QED) is 0.749. The monoisotopic (exact) mass is 347 g/mol. The molecule has 2 unspecified atom stereocenters. The Kier molecular flexibility index (Phi) is 3.37. The largest absolute Gasteiger partial charge is 0.345 e. The Balaban J connectivity index is 1.48. The number of carbonyl (C=O) groups is 2. The van der Waals surface area contributed by atoms with Crippen LogP contribution in [0.4, 0.5) is 0 Å². The summed E-state index contributed by atoms with van der Waals surface area (Å²) in [6.07, 6.45) is 3.63. The van der Waals surface area contributed by atoms with Crippen molar-refractivity contribution in [2.75, 3.05) is 0 Å². The number of aromatic nitrogens is 5. The number of tetrazole rings is 1. The lowest BCUT2D eigenvalue weighted by molar-refractivity contribution is -0.151. The lowest BCUT2D eigenvalue weighted by Gasteiger charge is -2.44. The van der Waals surface area contributed by atoms with Crippen LogP contribution in [0.5, 0.6) is 0 Å². The summed E-state index contributed by atoms with van der Waals surface area (Å²) < 4.78 is 1.51. The molecule has 2 fully saturated rings. The van der Waals surface area contributed by atoms with Gasteiger partial charge >= 0.3 is 0 Å². The van der Waals surface area contributed by atoms with E-state index in [4.69, 9.17) is 0 Å². The molecule has 0 aromatic carbocycles. The molecule has 2 aromatic heterocycles. The predicted molar refractivity (Wildman–Crippen MR) is 85.6 cm³/mol. The van der Waals surface area contributed by atoms with E-state index in [9.17, 15) is 9.59 Å². The molecule has 2 aliphatic rings. The van der Waals surface area contributed by atoms with E-state index in [0.717, 1.165) is 0 Å². The molecule has 0 bridgehead atoms. The van der Waals surface area contributed by atoms with Gasteiger partial charge in [-0.05, 0) is 26.0 Å². The summed E-state index contributed by atoms with van der Waals surface area (Å²) in [5.74, 6) is 0.222. The number of fused-ring (bicyclic) bond motifs is 1. The smallest absolute Gasteiger partial charge is 0.249 e. The maximum Gasteiger partial charge on any atom is 0.249 e. The Morgan fingerprint density at radius 2 is 2.17 bits per heavy atom. The molecule has 10 heteroatoms. The van der Waals surface area contributed by atoms with Crippen molar-refractivity contribution in [1.29, 1.82) is 0 Å². The van der Waals surface area contributed by atoms with E-state index in [0.29, 0.717) is 5.82 Å². The molecule has 0 radical (unpaired) electrons. The number of carbonyl (C=O) groups excluding carboxylic acids is 2. The van der Waals surface area contributed by atoms with Crippen molar-refractivity contribution in [1.82, 2.24) is 35.4 Å². The second kappa shape index (κ2) is 5.33. The summed E-state index contributed by atoms with van der Waals surface area (Å²) in [6, 6.07) is 2.95. The minimum atomic E-state index is -0.505. The Labute approximate surface area is 142 Å². The van der Waals surface area contributed by atoms with Crippen molar-refractivity contribution in [2.24, 2.45) is 0 Å². The number of β-lactam (4-membered cyclic amide) rings is 1. The minimum Gasteiger partial charge on any atom is -0.345 e. The number of nitrogens with zero attached hydrogens (tertiary/aromatic N) is 5. The highest BCUT2D eigenvalue weighted by Gasteiger charge is 2.63. The maximum atomic E-state index is 12.6. The molecule has 24 heavy (non-hydrogen) atoms. The van der Waals surface area contributed by atoms with Crippen LogP contribution in [0, 0.1) is 0 Å². The Hall–Kier alpha value is -2.36. The van der Waals surface area contributed by atoms with Gasteiger partial charge in [-0.2, -0.15) is 5.21 Å². The van der Waals surface area contributed by atoms with Crippen LogP contribution in [0.3, 0.4) is 0 Å².